The second-order valence-corrected chi connectivity index (χ2v) is 4.04. The van der Waals surface area contributed by atoms with Crippen LogP contribution in [0.4, 0.5) is 0 Å². The minimum atomic E-state index is -0.414. The van der Waals surface area contributed by atoms with E-state index in [9.17, 15) is 4.79 Å². The van der Waals surface area contributed by atoms with E-state index in [1.807, 2.05) is 49.4 Å². The number of esters is 1. The van der Waals surface area contributed by atoms with Crippen LogP contribution in [0.1, 0.15) is 12.5 Å². The smallest absolute Gasteiger partial charge is 0.336 e. The van der Waals surface area contributed by atoms with Crippen molar-refractivity contribution in [2.24, 2.45) is 0 Å². The summed E-state index contributed by atoms with van der Waals surface area (Å²) in [5, 5.41) is 0. The quantitative estimate of drug-likeness (QED) is 0.471. The highest BCUT2D eigenvalue weighted by Crippen LogP contribution is 2.19. The Morgan fingerprint density at radius 3 is 2.50 bits per heavy atom. The second-order valence-electron chi connectivity index (χ2n) is 4.04. The van der Waals surface area contributed by atoms with Crippen molar-refractivity contribution in [2.45, 2.75) is 6.92 Å². The topological polar surface area (TPSA) is 35.5 Å². The number of ether oxygens (including phenoxy) is 2. The van der Waals surface area contributed by atoms with Gasteiger partial charge in [0.1, 0.15) is 11.5 Å². The van der Waals surface area contributed by atoms with Crippen LogP contribution < -0.4 is 9.47 Å². The molecule has 0 unspecified atom stereocenters. The molecule has 20 heavy (non-hydrogen) atoms. The summed E-state index contributed by atoms with van der Waals surface area (Å²) in [6.45, 7) is 2.50. The van der Waals surface area contributed by atoms with Crippen molar-refractivity contribution in [2.75, 3.05) is 6.61 Å². The van der Waals surface area contributed by atoms with E-state index in [4.69, 9.17) is 9.47 Å². The van der Waals surface area contributed by atoms with Crippen molar-refractivity contribution in [1.29, 1.82) is 0 Å². The molecule has 0 atom stereocenters. The van der Waals surface area contributed by atoms with E-state index in [1.54, 1.807) is 18.2 Å². The van der Waals surface area contributed by atoms with Gasteiger partial charge < -0.3 is 9.47 Å². The molecule has 102 valence electrons. The highest BCUT2D eigenvalue weighted by atomic mass is 16.5. The van der Waals surface area contributed by atoms with Crippen LogP contribution in [0.3, 0.4) is 0 Å². The molecule has 3 nitrogen and oxygen atoms in total. The van der Waals surface area contributed by atoms with E-state index in [0.717, 1.165) is 11.3 Å². The first kappa shape index (κ1) is 13.9. The monoisotopic (exact) mass is 268 g/mol. The molecule has 0 amide bonds. The number of rotatable bonds is 5. The summed E-state index contributed by atoms with van der Waals surface area (Å²) in [6.07, 6.45) is 3.08. The van der Waals surface area contributed by atoms with Crippen LogP contribution in [0.15, 0.2) is 60.7 Å². The first-order chi connectivity index (χ1) is 9.79. The Labute approximate surface area is 118 Å². The maximum absolute atomic E-state index is 11.7. The molecule has 0 N–H and O–H groups in total. The molecule has 0 aliphatic heterocycles. The zero-order chi connectivity index (χ0) is 14.2. The van der Waals surface area contributed by atoms with Crippen LogP contribution >= 0.6 is 0 Å². The lowest BCUT2D eigenvalue weighted by molar-refractivity contribution is -0.128. The van der Waals surface area contributed by atoms with Crippen molar-refractivity contribution < 1.29 is 14.3 Å². The predicted molar refractivity (Wildman–Crippen MR) is 78.7 cm³/mol. The molecular weight excluding hydrogens is 252 g/mol. The van der Waals surface area contributed by atoms with Gasteiger partial charge in [-0.15, -0.1) is 0 Å². The highest BCUT2D eigenvalue weighted by Gasteiger charge is 2.02. The van der Waals surface area contributed by atoms with Gasteiger partial charge in [0, 0.05) is 11.6 Å². The minimum Gasteiger partial charge on any atom is -0.493 e. The molecule has 0 bridgehead atoms. The molecule has 0 radical (unpaired) electrons. The van der Waals surface area contributed by atoms with E-state index < -0.39 is 5.97 Å². The van der Waals surface area contributed by atoms with Gasteiger partial charge in [-0.1, -0.05) is 36.4 Å². The molecule has 0 aliphatic rings. The van der Waals surface area contributed by atoms with Crippen LogP contribution in [-0.4, -0.2) is 12.6 Å². The summed E-state index contributed by atoms with van der Waals surface area (Å²) in [5.41, 5.74) is 0.847. The summed E-state index contributed by atoms with van der Waals surface area (Å²) in [7, 11) is 0. The highest BCUT2D eigenvalue weighted by molar-refractivity contribution is 5.89. The van der Waals surface area contributed by atoms with E-state index in [2.05, 4.69) is 0 Å². The van der Waals surface area contributed by atoms with Crippen molar-refractivity contribution in [3.63, 3.8) is 0 Å². The van der Waals surface area contributed by atoms with Gasteiger partial charge in [0.2, 0.25) is 0 Å². The molecule has 2 rings (SSSR count). The normalized spacial score (nSPS) is 10.4. The predicted octanol–water partition coefficient (Wildman–Crippen LogP) is 3.70. The van der Waals surface area contributed by atoms with E-state index in [-0.39, 0.29) is 0 Å². The van der Waals surface area contributed by atoms with Crippen LogP contribution in [0.5, 0.6) is 11.5 Å². The van der Waals surface area contributed by atoms with Gasteiger partial charge in [-0.05, 0) is 31.2 Å². The van der Waals surface area contributed by atoms with Gasteiger partial charge in [0.25, 0.3) is 0 Å². The maximum Gasteiger partial charge on any atom is 0.336 e. The summed E-state index contributed by atoms with van der Waals surface area (Å²) in [4.78, 5) is 11.7. The molecule has 0 heterocycles. The van der Waals surface area contributed by atoms with Gasteiger partial charge in [0.05, 0.1) is 6.61 Å². The lowest BCUT2D eigenvalue weighted by atomic mass is 10.2. The first-order valence-electron chi connectivity index (χ1n) is 6.46. The molecule has 0 fully saturated rings. The number of hydrogen-bond donors (Lipinski definition) is 0. The van der Waals surface area contributed by atoms with Crippen LogP contribution in [0.25, 0.3) is 6.08 Å². The van der Waals surface area contributed by atoms with Gasteiger partial charge in [-0.3, -0.25) is 0 Å². The molecule has 0 spiro atoms. The van der Waals surface area contributed by atoms with Crippen molar-refractivity contribution in [3.05, 3.63) is 66.2 Å². The van der Waals surface area contributed by atoms with Crippen molar-refractivity contribution in [1.82, 2.24) is 0 Å². The molecule has 2 aromatic carbocycles. The Kier molecular flexibility index (Phi) is 4.95. The molecule has 0 saturated heterocycles. The molecule has 3 heteroatoms. The number of para-hydroxylation sites is 2. The summed E-state index contributed by atoms with van der Waals surface area (Å²) in [6, 6.07) is 16.5. The number of carbonyl (C=O) groups is 1. The summed E-state index contributed by atoms with van der Waals surface area (Å²) >= 11 is 0. The van der Waals surface area contributed by atoms with E-state index in [1.165, 1.54) is 6.08 Å². The average Bonchev–Trinajstić information content (AvgIpc) is 2.48. The maximum atomic E-state index is 11.7. The third kappa shape index (κ3) is 3.99. The standard InChI is InChI=1S/C17H16O3/c1-2-19-16-11-7-6-8-14(16)12-13-17(18)20-15-9-4-3-5-10-15/h3-13H,2H2,1H3/b13-12+. The van der Waals surface area contributed by atoms with E-state index in [0.29, 0.717) is 12.4 Å². The Hall–Kier alpha value is -2.55. The Bertz CT molecular complexity index is 588. The van der Waals surface area contributed by atoms with Gasteiger partial charge in [-0.25, -0.2) is 4.79 Å². The summed E-state index contributed by atoms with van der Waals surface area (Å²) < 4.78 is 10.7. The van der Waals surface area contributed by atoms with Crippen LogP contribution in [0.2, 0.25) is 0 Å². The largest absolute Gasteiger partial charge is 0.493 e. The fraction of sp³-hybridized carbons (Fsp3) is 0.118. The Morgan fingerprint density at radius 2 is 1.75 bits per heavy atom. The first-order valence-corrected chi connectivity index (χ1v) is 6.46. The third-order valence-electron chi connectivity index (χ3n) is 2.58. The number of carbonyl (C=O) groups excluding carboxylic acids is 1. The Balaban J connectivity index is 2.04. The van der Waals surface area contributed by atoms with Crippen molar-refractivity contribution >= 4 is 12.0 Å². The number of hydrogen-bond acceptors (Lipinski definition) is 3. The third-order valence-corrected chi connectivity index (χ3v) is 2.58. The fourth-order valence-electron chi connectivity index (χ4n) is 1.70. The van der Waals surface area contributed by atoms with Gasteiger partial charge >= 0.3 is 5.97 Å². The Morgan fingerprint density at radius 1 is 1.05 bits per heavy atom. The molecule has 0 aromatic heterocycles. The van der Waals surface area contributed by atoms with Gasteiger partial charge in [-0.2, -0.15) is 0 Å². The zero-order valence-electron chi connectivity index (χ0n) is 11.3. The summed E-state index contributed by atoms with van der Waals surface area (Å²) in [5.74, 6) is 0.863. The lowest BCUT2D eigenvalue weighted by Gasteiger charge is -2.06. The van der Waals surface area contributed by atoms with E-state index >= 15 is 0 Å². The SMILES string of the molecule is CCOc1ccccc1/C=C/C(=O)Oc1ccccc1. The van der Waals surface area contributed by atoms with Gasteiger partial charge in [0.15, 0.2) is 0 Å². The minimum absolute atomic E-state index is 0.414. The average molecular weight is 268 g/mol. The zero-order valence-corrected chi connectivity index (χ0v) is 11.3. The molecule has 0 aliphatic carbocycles. The number of benzene rings is 2. The lowest BCUT2D eigenvalue weighted by Crippen LogP contribution is -2.03. The second kappa shape index (κ2) is 7.14. The molecule has 0 saturated carbocycles. The molecular formula is C17H16O3. The molecule has 2 aromatic rings. The van der Waals surface area contributed by atoms with Crippen molar-refractivity contribution in [3.8, 4) is 11.5 Å². The van der Waals surface area contributed by atoms with Crippen LogP contribution in [0, 0.1) is 0 Å². The van der Waals surface area contributed by atoms with Crippen LogP contribution in [-0.2, 0) is 4.79 Å². The fourth-order valence-corrected chi connectivity index (χ4v) is 1.70.